The minimum absolute atomic E-state index is 0.175. The second-order valence-corrected chi connectivity index (χ2v) is 4.20. The Labute approximate surface area is 111 Å². The molecule has 0 aliphatic rings. The fourth-order valence-corrected chi connectivity index (χ4v) is 1.48. The van der Waals surface area contributed by atoms with Crippen molar-refractivity contribution in [2.45, 2.75) is 20.3 Å². The molecular formula is C13H16N4O2. The summed E-state index contributed by atoms with van der Waals surface area (Å²) in [5, 5.41) is 9.06. The van der Waals surface area contributed by atoms with Crippen LogP contribution in [0.1, 0.15) is 17.8 Å². The number of nitrogens with one attached hydrogen (secondary N) is 2. The van der Waals surface area contributed by atoms with Crippen molar-refractivity contribution in [2.75, 3.05) is 11.9 Å². The van der Waals surface area contributed by atoms with Crippen LogP contribution >= 0.6 is 0 Å². The molecular weight excluding hydrogens is 244 g/mol. The highest BCUT2D eigenvalue weighted by molar-refractivity contribution is 5.88. The molecule has 1 aromatic heterocycles. The van der Waals surface area contributed by atoms with Crippen LogP contribution in [0.5, 0.6) is 5.75 Å². The summed E-state index contributed by atoms with van der Waals surface area (Å²) < 4.78 is 5.47. The quantitative estimate of drug-likeness (QED) is 0.859. The number of carbonyl (C=O) groups excluding carboxylic acids is 1. The van der Waals surface area contributed by atoms with Crippen molar-refractivity contribution in [3.05, 3.63) is 35.7 Å². The minimum Gasteiger partial charge on any atom is -0.493 e. The van der Waals surface area contributed by atoms with Crippen LogP contribution in [0.15, 0.2) is 24.3 Å². The first kappa shape index (κ1) is 13.1. The Bertz CT molecular complexity index is 548. The van der Waals surface area contributed by atoms with E-state index in [0.29, 0.717) is 12.4 Å². The van der Waals surface area contributed by atoms with Crippen LogP contribution in [0.2, 0.25) is 0 Å². The number of aromatic amines is 1. The maximum atomic E-state index is 11.6. The lowest BCUT2D eigenvalue weighted by atomic mass is 10.2. The molecule has 2 aromatic rings. The first-order valence-electron chi connectivity index (χ1n) is 6.02. The van der Waals surface area contributed by atoms with E-state index in [2.05, 4.69) is 20.5 Å². The van der Waals surface area contributed by atoms with E-state index in [-0.39, 0.29) is 18.3 Å². The fraction of sp³-hybridized carbons (Fsp3) is 0.308. The van der Waals surface area contributed by atoms with Crippen molar-refractivity contribution in [3.8, 4) is 5.75 Å². The molecule has 0 unspecified atom stereocenters. The van der Waals surface area contributed by atoms with Crippen molar-refractivity contribution < 1.29 is 9.53 Å². The number of aromatic nitrogens is 3. The molecule has 0 spiro atoms. The number of hydrogen-bond donors (Lipinski definition) is 2. The molecule has 0 saturated heterocycles. The highest BCUT2D eigenvalue weighted by Crippen LogP contribution is 2.11. The fourth-order valence-electron chi connectivity index (χ4n) is 1.48. The van der Waals surface area contributed by atoms with Crippen LogP contribution in [0, 0.1) is 13.8 Å². The molecule has 2 N–H and O–H groups in total. The summed E-state index contributed by atoms with van der Waals surface area (Å²) in [6.45, 7) is 4.09. The zero-order valence-electron chi connectivity index (χ0n) is 10.9. The number of aryl methyl sites for hydroxylation is 2. The van der Waals surface area contributed by atoms with Crippen molar-refractivity contribution in [1.82, 2.24) is 15.2 Å². The molecule has 0 fully saturated rings. The minimum atomic E-state index is -0.175. The van der Waals surface area contributed by atoms with E-state index in [1.165, 1.54) is 5.56 Å². The number of carbonyl (C=O) groups is 1. The molecule has 0 aliphatic carbocycles. The molecule has 2 rings (SSSR count). The van der Waals surface area contributed by atoms with Crippen molar-refractivity contribution >= 4 is 11.9 Å². The second-order valence-electron chi connectivity index (χ2n) is 4.20. The van der Waals surface area contributed by atoms with Gasteiger partial charge in [0.05, 0.1) is 13.0 Å². The average Bonchev–Trinajstić information content (AvgIpc) is 2.77. The van der Waals surface area contributed by atoms with Gasteiger partial charge < -0.3 is 4.74 Å². The number of anilines is 1. The molecule has 1 aromatic carbocycles. The summed E-state index contributed by atoms with van der Waals surface area (Å²) in [5.41, 5.74) is 1.17. The molecule has 0 aliphatic heterocycles. The zero-order chi connectivity index (χ0) is 13.7. The van der Waals surface area contributed by atoms with Gasteiger partial charge in [-0.25, -0.2) is 0 Å². The Hall–Kier alpha value is -2.37. The van der Waals surface area contributed by atoms with E-state index in [1.807, 2.05) is 31.2 Å². The third-order valence-corrected chi connectivity index (χ3v) is 2.47. The Morgan fingerprint density at radius 2 is 2.05 bits per heavy atom. The van der Waals surface area contributed by atoms with Gasteiger partial charge in [0.25, 0.3) is 0 Å². The predicted octanol–water partition coefficient (Wildman–Crippen LogP) is 1.83. The molecule has 0 radical (unpaired) electrons. The van der Waals surface area contributed by atoms with Gasteiger partial charge in [-0.1, -0.05) is 17.7 Å². The summed E-state index contributed by atoms with van der Waals surface area (Å²) >= 11 is 0. The Kier molecular flexibility index (Phi) is 4.12. The standard InChI is InChI=1S/C13H16N4O2/c1-9-3-5-11(6-4-9)19-8-7-12(18)15-13-14-10(2)16-17-13/h3-6H,7-8H2,1-2H3,(H2,14,15,16,17,18). The summed E-state index contributed by atoms with van der Waals surface area (Å²) in [7, 11) is 0. The Balaban J connectivity index is 1.73. The monoisotopic (exact) mass is 260 g/mol. The van der Waals surface area contributed by atoms with E-state index >= 15 is 0 Å². The lowest BCUT2D eigenvalue weighted by molar-refractivity contribution is -0.116. The average molecular weight is 260 g/mol. The largest absolute Gasteiger partial charge is 0.493 e. The number of ether oxygens (including phenoxy) is 1. The van der Waals surface area contributed by atoms with Crippen LogP contribution in [0.4, 0.5) is 5.95 Å². The zero-order valence-corrected chi connectivity index (χ0v) is 10.9. The van der Waals surface area contributed by atoms with Crippen LogP contribution in [0.3, 0.4) is 0 Å². The highest BCUT2D eigenvalue weighted by atomic mass is 16.5. The van der Waals surface area contributed by atoms with Crippen molar-refractivity contribution in [2.24, 2.45) is 0 Å². The number of amides is 1. The van der Waals surface area contributed by atoms with Crippen LogP contribution < -0.4 is 10.1 Å². The van der Waals surface area contributed by atoms with E-state index in [4.69, 9.17) is 4.74 Å². The van der Waals surface area contributed by atoms with Gasteiger partial charge in [-0.05, 0) is 26.0 Å². The van der Waals surface area contributed by atoms with Crippen LogP contribution in [-0.2, 0) is 4.79 Å². The summed E-state index contributed by atoms with van der Waals surface area (Å²) in [6, 6.07) is 7.69. The highest BCUT2D eigenvalue weighted by Gasteiger charge is 2.06. The van der Waals surface area contributed by atoms with Gasteiger partial charge in [-0.15, -0.1) is 5.10 Å². The lowest BCUT2D eigenvalue weighted by Crippen LogP contribution is -2.16. The smallest absolute Gasteiger partial charge is 0.248 e. The summed E-state index contributed by atoms with van der Waals surface area (Å²) in [6.07, 6.45) is 0.251. The molecule has 0 atom stereocenters. The Morgan fingerprint density at radius 1 is 1.32 bits per heavy atom. The lowest BCUT2D eigenvalue weighted by Gasteiger charge is -2.05. The third kappa shape index (κ3) is 4.09. The topological polar surface area (TPSA) is 79.9 Å². The molecule has 1 heterocycles. The molecule has 0 saturated carbocycles. The van der Waals surface area contributed by atoms with Crippen LogP contribution in [-0.4, -0.2) is 27.7 Å². The SMILES string of the molecule is Cc1ccc(OCCC(=O)Nc2n[nH]c(C)n2)cc1. The normalized spacial score (nSPS) is 10.2. The van der Waals surface area contributed by atoms with Gasteiger partial charge >= 0.3 is 0 Å². The molecule has 6 heteroatoms. The van der Waals surface area contributed by atoms with Crippen molar-refractivity contribution in [1.29, 1.82) is 0 Å². The molecule has 1 amide bonds. The number of hydrogen-bond acceptors (Lipinski definition) is 4. The van der Waals surface area contributed by atoms with Gasteiger partial charge in [-0.2, -0.15) is 4.98 Å². The predicted molar refractivity (Wildman–Crippen MR) is 71.0 cm³/mol. The second kappa shape index (κ2) is 5.99. The van der Waals surface area contributed by atoms with E-state index < -0.39 is 0 Å². The first-order valence-corrected chi connectivity index (χ1v) is 6.02. The number of nitrogens with zero attached hydrogens (tertiary/aromatic N) is 2. The van der Waals surface area contributed by atoms with Gasteiger partial charge in [0.15, 0.2) is 0 Å². The molecule has 6 nitrogen and oxygen atoms in total. The molecule has 0 bridgehead atoms. The van der Waals surface area contributed by atoms with Gasteiger partial charge in [0, 0.05) is 0 Å². The van der Waals surface area contributed by atoms with Gasteiger partial charge in [-0.3, -0.25) is 15.2 Å². The maximum Gasteiger partial charge on any atom is 0.248 e. The van der Waals surface area contributed by atoms with Gasteiger partial charge in [0.2, 0.25) is 11.9 Å². The first-order chi connectivity index (χ1) is 9.13. The van der Waals surface area contributed by atoms with Crippen molar-refractivity contribution in [3.63, 3.8) is 0 Å². The summed E-state index contributed by atoms with van der Waals surface area (Å²) in [5.74, 6) is 1.53. The van der Waals surface area contributed by atoms with Crippen LogP contribution in [0.25, 0.3) is 0 Å². The van der Waals surface area contributed by atoms with E-state index in [1.54, 1.807) is 6.92 Å². The Morgan fingerprint density at radius 3 is 2.68 bits per heavy atom. The number of rotatable bonds is 5. The number of H-pyrrole nitrogens is 1. The van der Waals surface area contributed by atoms with E-state index in [0.717, 1.165) is 5.75 Å². The molecule has 19 heavy (non-hydrogen) atoms. The molecule has 100 valence electrons. The number of benzene rings is 1. The van der Waals surface area contributed by atoms with E-state index in [9.17, 15) is 4.79 Å². The maximum absolute atomic E-state index is 11.6. The summed E-state index contributed by atoms with van der Waals surface area (Å²) in [4.78, 5) is 15.6. The van der Waals surface area contributed by atoms with Gasteiger partial charge in [0.1, 0.15) is 11.6 Å². The third-order valence-electron chi connectivity index (χ3n) is 2.47.